The Bertz CT molecular complexity index is 585. The zero-order valence-electron chi connectivity index (χ0n) is 15.6. The summed E-state index contributed by atoms with van der Waals surface area (Å²) in [6, 6.07) is 4.60. The summed E-state index contributed by atoms with van der Waals surface area (Å²) in [6.45, 7) is 9.69. The molecule has 0 bridgehead atoms. The molecule has 1 amide bonds. The van der Waals surface area contributed by atoms with E-state index in [9.17, 15) is 4.79 Å². The molecular weight excluding hydrogens is 316 g/mol. The van der Waals surface area contributed by atoms with Crippen LogP contribution in [-0.2, 0) is 4.74 Å². The number of hydrogen-bond acceptors (Lipinski definition) is 5. The number of ether oxygens (including phenoxy) is 1. The number of anilines is 1. The van der Waals surface area contributed by atoms with Crippen LogP contribution in [0.4, 0.5) is 10.6 Å². The molecule has 0 radical (unpaired) electrons. The minimum Gasteiger partial charge on any atom is -0.444 e. The zero-order valence-corrected chi connectivity index (χ0v) is 15.6. The number of nitrogens with one attached hydrogen (secondary N) is 1. The van der Waals surface area contributed by atoms with Crippen molar-refractivity contribution < 1.29 is 9.53 Å². The molecule has 138 valence electrons. The van der Waals surface area contributed by atoms with Crippen LogP contribution in [0.25, 0.3) is 0 Å². The molecule has 2 fully saturated rings. The molecule has 0 saturated carbocycles. The van der Waals surface area contributed by atoms with Crippen LogP contribution in [0.3, 0.4) is 0 Å². The first-order chi connectivity index (χ1) is 11.9. The molecule has 2 saturated heterocycles. The summed E-state index contributed by atoms with van der Waals surface area (Å²) in [5.74, 6) is 1.06. The maximum atomic E-state index is 12.2. The smallest absolute Gasteiger partial charge is 0.410 e. The number of rotatable bonds is 2. The number of carbonyl (C=O) groups is 1. The number of aromatic nitrogens is 1. The number of piperazine rings is 1. The van der Waals surface area contributed by atoms with Crippen LogP contribution in [-0.4, -0.2) is 54.3 Å². The summed E-state index contributed by atoms with van der Waals surface area (Å²) in [5.41, 5.74) is 0.836. The van der Waals surface area contributed by atoms with E-state index in [0.717, 1.165) is 31.9 Å². The van der Waals surface area contributed by atoms with Gasteiger partial charge in [0.05, 0.1) is 0 Å². The number of hydrogen-bond donors (Lipinski definition) is 1. The number of amides is 1. The van der Waals surface area contributed by atoms with E-state index in [2.05, 4.69) is 21.3 Å². The highest BCUT2D eigenvalue weighted by Crippen LogP contribution is 2.30. The van der Waals surface area contributed by atoms with Crippen molar-refractivity contribution in [1.29, 1.82) is 0 Å². The second-order valence-electron chi connectivity index (χ2n) is 7.87. The van der Waals surface area contributed by atoms with Gasteiger partial charge >= 0.3 is 6.09 Å². The van der Waals surface area contributed by atoms with Crippen LogP contribution >= 0.6 is 0 Å². The summed E-state index contributed by atoms with van der Waals surface area (Å²) in [6.07, 6.45) is 5.32. The molecule has 1 atom stereocenters. The molecule has 0 aromatic carbocycles. The second-order valence-corrected chi connectivity index (χ2v) is 7.87. The summed E-state index contributed by atoms with van der Waals surface area (Å²) >= 11 is 0. The van der Waals surface area contributed by atoms with Gasteiger partial charge in [-0.05, 0) is 46.2 Å². The van der Waals surface area contributed by atoms with Gasteiger partial charge in [-0.15, -0.1) is 0 Å². The lowest BCUT2D eigenvalue weighted by atomic mass is 9.97. The fraction of sp³-hybridized carbons (Fsp3) is 0.684. The third-order valence-electron chi connectivity index (χ3n) is 4.73. The van der Waals surface area contributed by atoms with Crippen molar-refractivity contribution in [3.63, 3.8) is 0 Å². The van der Waals surface area contributed by atoms with Gasteiger partial charge in [-0.2, -0.15) is 0 Å². The fourth-order valence-corrected chi connectivity index (χ4v) is 3.49. The quantitative estimate of drug-likeness (QED) is 0.892. The monoisotopic (exact) mass is 346 g/mol. The lowest BCUT2D eigenvalue weighted by Crippen LogP contribution is -2.50. The molecule has 1 aromatic heterocycles. The molecule has 6 heteroatoms. The fourth-order valence-electron chi connectivity index (χ4n) is 3.49. The van der Waals surface area contributed by atoms with Crippen molar-refractivity contribution in [2.24, 2.45) is 0 Å². The molecule has 1 N–H and O–H groups in total. The average Bonchev–Trinajstić information content (AvgIpc) is 2.61. The van der Waals surface area contributed by atoms with Crippen molar-refractivity contribution in [3.05, 3.63) is 23.9 Å². The number of nitrogens with zero attached hydrogens (tertiary/aromatic N) is 3. The van der Waals surface area contributed by atoms with E-state index in [1.165, 1.54) is 18.4 Å². The Hall–Kier alpha value is -1.82. The van der Waals surface area contributed by atoms with Crippen LogP contribution in [0.1, 0.15) is 51.6 Å². The maximum Gasteiger partial charge on any atom is 0.410 e. The molecule has 1 aromatic rings. The Labute approximate surface area is 150 Å². The second kappa shape index (κ2) is 7.60. The normalized spacial score (nSPS) is 22.0. The Morgan fingerprint density at radius 2 is 2.00 bits per heavy atom. The first-order valence-electron chi connectivity index (χ1n) is 9.35. The molecule has 25 heavy (non-hydrogen) atoms. The van der Waals surface area contributed by atoms with Gasteiger partial charge < -0.3 is 19.9 Å². The number of pyridine rings is 1. The Morgan fingerprint density at radius 1 is 1.24 bits per heavy atom. The lowest BCUT2D eigenvalue weighted by molar-refractivity contribution is 0.0240. The Kier molecular flexibility index (Phi) is 5.47. The van der Waals surface area contributed by atoms with Gasteiger partial charge in [0.1, 0.15) is 11.4 Å². The molecule has 6 nitrogen and oxygen atoms in total. The van der Waals surface area contributed by atoms with Crippen LogP contribution in [0.15, 0.2) is 18.3 Å². The van der Waals surface area contributed by atoms with E-state index in [1.807, 2.05) is 33.0 Å². The van der Waals surface area contributed by atoms with Gasteiger partial charge in [0.15, 0.2) is 0 Å². The molecule has 0 unspecified atom stereocenters. The summed E-state index contributed by atoms with van der Waals surface area (Å²) in [7, 11) is 0. The molecule has 3 heterocycles. The van der Waals surface area contributed by atoms with E-state index < -0.39 is 5.60 Å². The van der Waals surface area contributed by atoms with E-state index in [-0.39, 0.29) is 6.09 Å². The molecule has 3 rings (SSSR count). The van der Waals surface area contributed by atoms with Gasteiger partial charge in [0.25, 0.3) is 0 Å². The standard InChI is InChI=1S/C19H30N4O2/c1-19(2,3)25-18(24)23-13-11-22(12-14-23)17-15(7-6-10-21-17)16-8-4-5-9-20-16/h6-7,10,16,20H,4-5,8-9,11-14H2,1-3H3/t16-/m1/s1. The SMILES string of the molecule is CC(C)(C)OC(=O)N1CCN(c2ncccc2[C@H]2CCCCN2)CC1. The average molecular weight is 346 g/mol. The van der Waals surface area contributed by atoms with E-state index in [1.54, 1.807) is 4.90 Å². The van der Waals surface area contributed by atoms with Crippen LogP contribution in [0.5, 0.6) is 0 Å². The third-order valence-corrected chi connectivity index (χ3v) is 4.73. The predicted molar refractivity (Wildman–Crippen MR) is 98.9 cm³/mol. The first-order valence-corrected chi connectivity index (χ1v) is 9.35. The van der Waals surface area contributed by atoms with Gasteiger partial charge in [0.2, 0.25) is 0 Å². The molecule has 2 aliphatic heterocycles. The first kappa shape index (κ1) is 18.0. The highest BCUT2D eigenvalue weighted by molar-refractivity contribution is 5.68. The zero-order chi connectivity index (χ0) is 17.9. The van der Waals surface area contributed by atoms with E-state index in [0.29, 0.717) is 19.1 Å². The molecule has 0 spiro atoms. The van der Waals surface area contributed by atoms with Gasteiger partial charge in [-0.25, -0.2) is 9.78 Å². The van der Waals surface area contributed by atoms with Crippen molar-refractivity contribution in [1.82, 2.24) is 15.2 Å². The minimum atomic E-state index is -0.449. The molecular formula is C19H30N4O2. The van der Waals surface area contributed by atoms with E-state index in [4.69, 9.17) is 4.74 Å². The van der Waals surface area contributed by atoms with Crippen molar-refractivity contribution in [2.75, 3.05) is 37.6 Å². The Morgan fingerprint density at radius 3 is 2.64 bits per heavy atom. The highest BCUT2D eigenvalue weighted by Gasteiger charge is 2.28. The summed E-state index contributed by atoms with van der Waals surface area (Å²) in [5, 5.41) is 3.62. The van der Waals surface area contributed by atoms with Crippen molar-refractivity contribution in [2.45, 2.75) is 51.7 Å². The third kappa shape index (κ3) is 4.63. The van der Waals surface area contributed by atoms with Gasteiger partial charge in [-0.3, -0.25) is 0 Å². The molecule has 0 aliphatic carbocycles. The lowest BCUT2D eigenvalue weighted by Gasteiger charge is -2.37. The topological polar surface area (TPSA) is 57.7 Å². The van der Waals surface area contributed by atoms with Gasteiger partial charge in [-0.1, -0.05) is 12.5 Å². The predicted octanol–water partition coefficient (Wildman–Crippen LogP) is 2.95. The highest BCUT2D eigenvalue weighted by atomic mass is 16.6. The Balaban J connectivity index is 1.64. The number of carbonyl (C=O) groups excluding carboxylic acids is 1. The summed E-state index contributed by atoms with van der Waals surface area (Å²) in [4.78, 5) is 21.0. The van der Waals surface area contributed by atoms with Crippen LogP contribution in [0.2, 0.25) is 0 Å². The molecule has 2 aliphatic rings. The largest absolute Gasteiger partial charge is 0.444 e. The minimum absolute atomic E-state index is 0.220. The number of piperidine rings is 1. The summed E-state index contributed by atoms with van der Waals surface area (Å²) < 4.78 is 5.48. The van der Waals surface area contributed by atoms with Gasteiger partial charge in [0, 0.05) is 44.0 Å². The van der Waals surface area contributed by atoms with Crippen molar-refractivity contribution >= 4 is 11.9 Å². The van der Waals surface area contributed by atoms with Crippen molar-refractivity contribution in [3.8, 4) is 0 Å². The van der Waals surface area contributed by atoms with Crippen LogP contribution in [0, 0.1) is 0 Å². The van der Waals surface area contributed by atoms with E-state index >= 15 is 0 Å². The van der Waals surface area contributed by atoms with Crippen LogP contribution < -0.4 is 10.2 Å². The maximum absolute atomic E-state index is 12.2.